The van der Waals surface area contributed by atoms with Gasteiger partial charge in [0, 0.05) is 59.2 Å². The largest absolute Gasteiger partial charge is 0.451 e. The Morgan fingerprint density at radius 3 is 2.38 bits per heavy atom. The highest BCUT2D eigenvalue weighted by Crippen LogP contribution is 2.72. The Morgan fingerprint density at radius 2 is 1.71 bits per heavy atom. The summed E-state index contributed by atoms with van der Waals surface area (Å²) in [6.07, 6.45) is 3.37. The van der Waals surface area contributed by atoms with Crippen molar-refractivity contribution in [2.75, 3.05) is 20.8 Å². The zero-order valence-corrected chi connectivity index (χ0v) is 39.1. The summed E-state index contributed by atoms with van der Waals surface area (Å²) in [6.45, 7) is 13.5. The Balaban J connectivity index is 0.000000147. The third-order valence-corrected chi connectivity index (χ3v) is 17.5. The number of nitrogens with zero attached hydrogens (tertiary/aromatic N) is 2. The van der Waals surface area contributed by atoms with E-state index in [0.717, 1.165) is 67.6 Å². The second kappa shape index (κ2) is 14.4. The normalized spacial score (nSPS) is 35.9. The molecule has 0 radical (unpaired) electrons. The smallest absolute Gasteiger partial charge is 0.334 e. The third-order valence-electron chi connectivity index (χ3n) is 17.5. The van der Waals surface area contributed by atoms with Gasteiger partial charge in [0.2, 0.25) is 0 Å². The van der Waals surface area contributed by atoms with E-state index >= 15 is 0 Å². The first-order valence-electron chi connectivity index (χ1n) is 23.4. The van der Waals surface area contributed by atoms with Gasteiger partial charge in [-0.1, -0.05) is 75.4 Å². The highest BCUT2D eigenvalue weighted by Gasteiger charge is 2.76. The second-order valence-corrected chi connectivity index (χ2v) is 20.8. The average molecular weight is 897 g/mol. The molecule has 66 heavy (non-hydrogen) atoms. The van der Waals surface area contributed by atoms with E-state index in [1.165, 1.54) is 0 Å². The Kier molecular flexibility index (Phi) is 9.49. The number of ketones is 1. The number of aliphatic hydroxyl groups is 3. The molecular formula is C53H60N4O9. The molecule has 1 amide bonds. The molecule has 13 nitrogen and oxygen atoms in total. The number of aromatic nitrogens is 2. The van der Waals surface area contributed by atoms with Gasteiger partial charge >= 0.3 is 5.97 Å². The lowest BCUT2D eigenvalue weighted by Gasteiger charge is -2.48. The number of amides is 1. The van der Waals surface area contributed by atoms with Gasteiger partial charge in [-0.05, 0) is 93.2 Å². The Hall–Kier alpha value is -5.15. The van der Waals surface area contributed by atoms with Gasteiger partial charge in [0.15, 0.2) is 23.2 Å². The zero-order chi connectivity index (χ0) is 46.7. The van der Waals surface area contributed by atoms with Crippen LogP contribution in [-0.2, 0) is 36.1 Å². The van der Waals surface area contributed by atoms with E-state index in [1.54, 1.807) is 46.1 Å². The number of carbonyl (C=O) groups is 3. The van der Waals surface area contributed by atoms with Gasteiger partial charge in [-0.2, -0.15) is 0 Å². The topological polar surface area (TPSA) is 174 Å². The minimum absolute atomic E-state index is 0.00357. The van der Waals surface area contributed by atoms with Crippen LogP contribution in [0.2, 0.25) is 0 Å². The highest BCUT2D eigenvalue weighted by molar-refractivity contribution is 6.31. The summed E-state index contributed by atoms with van der Waals surface area (Å²) in [5.41, 5.74) is 3.14. The maximum atomic E-state index is 14.2. The Bertz CT molecular complexity index is 3070. The molecule has 12 atom stereocenters. The van der Waals surface area contributed by atoms with Crippen LogP contribution in [0.3, 0.4) is 0 Å². The van der Waals surface area contributed by atoms with Crippen LogP contribution < -0.4 is 10.6 Å². The van der Waals surface area contributed by atoms with Gasteiger partial charge in [0.25, 0.3) is 5.91 Å². The number of likely N-dealkylation sites (N-methyl/N-ethyl adjacent to an activating group) is 1. The van der Waals surface area contributed by atoms with Gasteiger partial charge in [-0.25, -0.2) is 4.79 Å². The number of carbonyl (C=O) groups excluding carboxylic acids is 3. The van der Waals surface area contributed by atoms with E-state index in [9.17, 15) is 29.7 Å². The quantitative estimate of drug-likeness (QED) is 0.0728. The first-order chi connectivity index (χ1) is 31.5. The van der Waals surface area contributed by atoms with E-state index in [0.29, 0.717) is 23.6 Å². The molecule has 1 saturated heterocycles. The maximum absolute atomic E-state index is 14.2. The fraction of sp³-hybridized carbons (Fsp3) is 0.491. The SMILES string of the molecule is C/C=C(/C)C(=O)O[C@H]1C(C)=C[C@]23C(=O)[C@@H](C=C(CO)[C@@H](O)[C@]12O)[C@H]1[C@@H](C[C@H]3C)C1(C)C.CN[C@H]1C[C@@H]2O[C@](C)([C@H]1OC)n1c3ccccc3c3c4c(c5c6ccccc6n2c5c31)C(=O)NC4. The van der Waals surface area contributed by atoms with Crippen LogP contribution in [0.1, 0.15) is 83.5 Å². The molecule has 13 heteroatoms. The second-order valence-electron chi connectivity index (χ2n) is 20.8. The van der Waals surface area contributed by atoms with Gasteiger partial charge < -0.3 is 49.3 Å². The Morgan fingerprint density at radius 1 is 1.03 bits per heavy atom. The predicted molar refractivity (Wildman–Crippen MR) is 250 cm³/mol. The number of Topliss-reactive ketones (excluding diaryl/α,β-unsaturated/α-hetero) is 1. The summed E-state index contributed by atoms with van der Waals surface area (Å²) in [4.78, 5) is 40.1. The van der Waals surface area contributed by atoms with Crippen LogP contribution in [0.15, 0.2) is 83.5 Å². The van der Waals surface area contributed by atoms with Crippen molar-refractivity contribution in [1.29, 1.82) is 0 Å². The molecule has 5 aromatic rings. The number of nitrogens with one attached hydrogen (secondary N) is 2. The highest BCUT2D eigenvalue weighted by atomic mass is 16.6. The van der Waals surface area contributed by atoms with E-state index in [-0.39, 0.29) is 52.9 Å². The first-order valence-corrected chi connectivity index (χ1v) is 23.4. The molecule has 12 rings (SSSR count). The van der Waals surface area contributed by atoms with Crippen LogP contribution in [-0.4, -0.2) is 92.8 Å². The van der Waals surface area contributed by atoms with Crippen molar-refractivity contribution < 1.29 is 43.9 Å². The van der Waals surface area contributed by atoms with Gasteiger partial charge in [0.05, 0.1) is 39.7 Å². The number of esters is 1. The van der Waals surface area contributed by atoms with Crippen LogP contribution >= 0.6 is 0 Å². The van der Waals surface area contributed by atoms with Crippen molar-refractivity contribution in [3.8, 4) is 0 Å². The molecular weight excluding hydrogens is 837 g/mol. The van der Waals surface area contributed by atoms with Crippen LogP contribution in [0.5, 0.6) is 0 Å². The first kappa shape index (κ1) is 43.4. The number of ether oxygens (including phenoxy) is 3. The van der Waals surface area contributed by atoms with E-state index in [4.69, 9.17) is 14.2 Å². The van der Waals surface area contributed by atoms with Crippen molar-refractivity contribution in [1.82, 2.24) is 19.8 Å². The molecule has 3 aliphatic heterocycles. The van der Waals surface area contributed by atoms with E-state index in [2.05, 4.69) is 89.1 Å². The third kappa shape index (κ3) is 5.19. The van der Waals surface area contributed by atoms with Gasteiger partial charge in [-0.3, -0.25) is 9.59 Å². The standard InChI is InChI=1S/C28H26N4O3.C25H34O6/c1-28-26(34-3)17(29-2)12-20(35-28)31-18-10-6-4-8-14(18)22-23-16(13-30-27(23)33)21-15-9-5-7-11-19(15)32(28)25(21)24(22)31;1-7-12(2)22(29)31-21-13(3)10-24-14(4)8-17-18(23(17,5)6)16(20(24)28)9-15(11-26)19(27)25(21,24)30/h4-11,17,20,26,29H,12-13H2,1-3H3,(H,30,33);7,9-10,14,16-19,21,26-27,30H,8,11H2,1-6H3/b;12-7-/t17-,20-,26-,28+;14-,16+,17-,18+,19-,21+,24+,25+/m01/s1. The molecule has 0 unspecified atom stereocenters. The van der Waals surface area contributed by atoms with E-state index < -0.39 is 47.4 Å². The average Bonchev–Trinajstić information content (AvgIpc) is 3.69. The number of benzene rings is 3. The number of para-hydroxylation sites is 2. The molecule has 1 spiro atoms. The molecule has 4 aliphatic carbocycles. The number of aliphatic hydroxyl groups excluding tert-OH is 2. The molecule has 3 aromatic carbocycles. The van der Waals surface area contributed by atoms with Crippen molar-refractivity contribution in [2.45, 2.75) is 110 Å². The molecule has 2 aromatic heterocycles. The number of allylic oxidation sites excluding steroid dienone is 2. The lowest BCUT2D eigenvalue weighted by Crippen LogP contribution is -2.65. The molecule has 2 saturated carbocycles. The zero-order valence-electron chi connectivity index (χ0n) is 39.1. The van der Waals surface area contributed by atoms with Crippen LogP contribution in [0.25, 0.3) is 43.6 Å². The summed E-state index contributed by atoms with van der Waals surface area (Å²) in [6, 6.07) is 17.0. The number of methoxy groups -OCH3 is 1. The minimum Gasteiger partial charge on any atom is -0.451 e. The van der Waals surface area contributed by atoms with Crippen molar-refractivity contribution in [3.63, 3.8) is 0 Å². The molecule has 5 N–H and O–H groups in total. The van der Waals surface area contributed by atoms with Gasteiger partial charge in [0.1, 0.15) is 18.4 Å². The summed E-state index contributed by atoms with van der Waals surface area (Å²) in [7, 11) is 3.77. The number of rotatable bonds is 5. The maximum Gasteiger partial charge on any atom is 0.334 e. The van der Waals surface area contributed by atoms with Crippen molar-refractivity contribution >= 4 is 61.3 Å². The molecule has 5 heterocycles. The summed E-state index contributed by atoms with van der Waals surface area (Å²) >= 11 is 0. The summed E-state index contributed by atoms with van der Waals surface area (Å²) in [5.74, 6) is -1.12. The number of fused-ring (bicyclic) bond motifs is 16. The number of hydrogen-bond acceptors (Lipinski definition) is 10. The summed E-state index contributed by atoms with van der Waals surface area (Å²) < 4.78 is 23.7. The molecule has 7 aliphatic rings. The number of hydrogen-bond donors (Lipinski definition) is 5. The van der Waals surface area contributed by atoms with Crippen LogP contribution in [0, 0.1) is 34.5 Å². The lowest BCUT2D eigenvalue weighted by molar-refractivity contribution is -0.256. The lowest BCUT2D eigenvalue weighted by atomic mass is 9.59. The molecule has 3 fully saturated rings. The molecule has 4 bridgehead atoms. The predicted octanol–water partition coefficient (Wildman–Crippen LogP) is 6.69. The molecule has 346 valence electrons. The fourth-order valence-corrected chi connectivity index (χ4v) is 14.2. The van der Waals surface area contributed by atoms with Crippen molar-refractivity contribution in [2.24, 2.45) is 34.5 Å². The summed E-state index contributed by atoms with van der Waals surface area (Å²) in [5, 5.41) is 44.7. The van der Waals surface area contributed by atoms with Crippen molar-refractivity contribution in [3.05, 3.63) is 94.6 Å². The van der Waals surface area contributed by atoms with E-state index in [1.807, 2.05) is 14.0 Å². The Labute approximate surface area is 383 Å². The fourth-order valence-electron chi connectivity index (χ4n) is 14.2. The van der Waals surface area contributed by atoms with Gasteiger partial charge in [-0.15, -0.1) is 0 Å². The van der Waals surface area contributed by atoms with Crippen LogP contribution in [0.4, 0.5) is 0 Å². The minimum atomic E-state index is -2.08. The monoisotopic (exact) mass is 896 g/mol.